The van der Waals surface area contributed by atoms with Crippen molar-refractivity contribution in [1.29, 1.82) is 0 Å². The Balaban J connectivity index is 2.04. The van der Waals surface area contributed by atoms with Gasteiger partial charge in [0.15, 0.2) is 0 Å². The quantitative estimate of drug-likeness (QED) is 0.710. The topological polar surface area (TPSA) is 37.3 Å². The van der Waals surface area contributed by atoms with Crippen molar-refractivity contribution in [2.45, 2.75) is 6.42 Å². The number of fused-ring (bicyclic) bond motifs is 1. The fourth-order valence-electron chi connectivity index (χ4n) is 2.61. The van der Waals surface area contributed by atoms with Gasteiger partial charge in [0.2, 0.25) is 0 Å². The van der Waals surface area contributed by atoms with Gasteiger partial charge < -0.3 is 5.11 Å². The molecule has 0 atom stereocenters. The van der Waals surface area contributed by atoms with E-state index in [9.17, 15) is 4.79 Å². The molecule has 0 aliphatic carbocycles. The lowest BCUT2D eigenvalue weighted by Gasteiger charge is -2.07. The zero-order chi connectivity index (χ0) is 15.4. The second-order valence-corrected chi connectivity index (χ2v) is 5.17. The fourth-order valence-corrected chi connectivity index (χ4v) is 2.61. The Kier molecular flexibility index (Phi) is 4.01. The molecule has 3 rings (SSSR count). The first-order chi connectivity index (χ1) is 10.7. The van der Waals surface area contributed by atoms with Crippen molar-refractivity contribution in [1.82, 2.24) is 0 Å². The maximum absolute atomic E-state index is 11.0. The number of carboxylic acids is 1. The van der Waals surface area contributed by atoms with E-state index in [0.717, 1.165) is 27.5 Å². The Morgan fingerprint density at radius 2 is 1.55 bits per heavy atom. The first kappa shape index (κ1) is 14.1. The third kappa shape index (κ3) is 3.07. The van der Waals surface area contributed by atoms with Crippen molar-refractivity contribution in [3.63, 3.8) is 0 Å². The summed E-state index contributed by atoms with van der Waals surface area (Å²) in [5, 5.41) is 11.1. The molecule has 0 heterocycles. The van der Waals surface area contributed by atoms with Crippen molar-refractivity contribution < 1.29 is 9.90 Å². The third-order valence-electron chi connectivity index (χ3n) is 3.64. The Bertz CT molecular complexity index is 833. The molecule has 0 saturated heterocycles. The van der Waals surface area contributed by atoms with Crippen molar-refractivity contribution in [2.75, 3.05) is 0 Å². The van der Waals surface area contributed by atoms with E-state index >= 15 is 0 Å². The average molecular weight is 288 g/mol. The lowest BCUT2D eigenvalue weighted by atomic mass is 9.98. The Labute approximate surface area is 129 Å². The Hall–Kier alpha value is -2.87. The van der Waals surface area contributed by atoms with Crippen LogP contribution >= 0.6 is 0 Å². The van der Waals surface area contributed by atoms with Crippen molar-refractivity contribution >= 4 is 28.9 Å². The Morgan fingerprint density at radius 3 is 2.32 bits per heavy atom. The second kappa shape index (κ2) is 6.27. The minimum absolute atomic E-state index is 0.0448. The average Bonchev–Trinajstić information content (AvgIpc) is 2.54. The number of rotatable bonds is 4. The molecule has 0 aromatic heterocycles. The molecule has 1 N–H and O–H groups in total. The van der Waals surface area contributed by atoms with Gasteiger partial charge in [-0.3, -0.25) is 4.79 Å². The van der Waals surface area contributed by atoms with Gasteiger partial charge in [0, 0.05) is 0 Å². The van der Waals surface area contributed by atoms with Crippen LogP contribution in [0, 0.1) is 0 Å². The molecule has 2 nitrogen and oxygen atoms in total. The standard InChI is InChI=1S/C20H16O2/c21-20(22)14-17-9-5-10-18-16(8-4-11-19(17)18)13-12-15-6-2-1-3-7-15/h1-13H,14H2,(H,21,22)/b13-12+. The summed E-state index contributed by atoms with van der Waals surface area (Å²) in [5.41, 5.74) is 3.08. The number of carbonyl (C=O) groups is 1. The number of aliphatic carboxylic acids is 1. The van der Waals surface area contributed by atoms with E-state index in [2.05, 4.69) is 24.3 Å². The molecular weight excluding hydrogens is 272 g/mol. The highest BCUT2D eigenvalue weighted by Crippen LogP contribution is 2.24. The summed E-state index contributed by atoms with van der Waals surface area (Å²) >= 11 is 0. The van der Waals surface area contributed by atoms with Crippen LogP contribution in [0.15, 0.2) is 66.7 Å². The van der Waals surface area contributed by atoms with Gasteiger partial charge in [0.1, 0.15) is 0 Å². The zero-order valence-corrected chi connectivity index (χ0v) is 12.1. The van der Waals surface area contributed by atoms with Gasteiger partial charge in [-0.05, 0) is 27.5 Å². The van der Waals surface area contributed by atoms with Crippen LogP contribution in [-0.2, 0) is 11.2 Å². The number of carboxylic acid groups (broad SMARTS) is 1. The maximum Gasteiger partial charge on any atom is 0.307 e. The molecular formula is C20H16O2. The first-order valence-electron chi connectivity index (χ1n) is 7.19. The molecule has 0 aliphatic heterocycles. The summed E-state index contributed by atoms with van der Waals surface area (Å²) in [6, 6.07) is 21.9. The highest BCUT2D eigenvalue weighted by atomic mass is 16.4. The van der Waals surface area contributed by atoms with Crippen LogP contribution in [0.5, 0.6) is 0 Å². The van der Waals surface area contributed by atoms with Crippen LogP contribution in [-0.4, -0.2) is 11.1 Å². The highest BCUT2D eigenvalue weighted by molar-refractivity contribution is 5.96. The summed E-state index contributed by atoms with van der Waals surface area (Å²) < 4.78 is 0. The van der Waals surface area contributed by atoms with E-state index < -0.39 is 5.97 Å². The molecule has 22 heavy (non-hydrogen) atoms. The molecule has 0 radical (unpaired) electrons. The smallest absolute Gasteiger partial charge is 0.307 e. The van der Waals surface area contributed by atoms with Crippen LogP contribution in [0.25, 0.3) is 22.9 Å². The van der Waals surface area contributed by atoms with Crippen LogP contribution in [0.1, 0.15) is 16.7 Å². The summed E-state index contributed by atoms with van der Waals surface area (Å²) in [7, 11) is 0. The Morgan fingerprint density at radius 1 is 0.818 bits per heavy atom. The molecule has 0 fully saturated rings. The van der Waals surface area contributed by atoms with Gasteiger partial charge >= 0.3 is 5.97 Å². The molecule has 2 heteroatoms. The fraction of sp³-hybridized carbons (Fsp3) is 0.0500. The van der Waals surface area contributed by atoms with E-state index in [1.54, 1.807) is 0 Å². The first-order valence-corrected chi connectivity index (χ1v) is 7.19. The second-order valence-electron chi connectivity index (χ2n) is 5.17. The van der Waals surface area contributed by atoms with Crippen molar-refractivity contribution in [3.05, 3.63) is 83.4 Å². The summed E-state index contributed by atoms with van der Waals surface area (Å²) in [5.74, 6) is -0.808. The lowest BCUT2D eigenvalue weighted by Crippen LogP contribution is -2.00. The molecule has 0 amide bonds. The van der Waals surface area contributed by atoms with E-state index in [-0.39, 0.29) is 6.42 Å². The van der Waals surface area contributed by atoms with Crippen LogP contribution in [0.3, 0.4) is 0 Å². The molecule has 0 aliphatic rings. The van der Waals surface area contributed by atoms with Gasteiger partial charge in [-0.2, -0.15) is 0 Å². The minimum Gasteiger partial charge on any atom is -0.481 e. The van der Waals surface area contributed by atoms with E-state index in [0.29, 0.717) is 0 Å². The van der Waals surface area contributed by atoms with Crippen molar-refractivity contribution in [2.24, 2.45) is 0 Å². The molecule has 3 aromatic rings. The summed E-state index contributed by atoms with van der Waals surface area (Å²) in [6.45, 7) is 0. The van der Waals surface area contributed by atoms with Gasteiger partial charge in [0.25, 0.3) is 0 Å². The molecule has 3 aromatic carbocycles. The van der Waals surface area contributed by atoms with E-state index in [4.69, 9.17) is 5.11 Å². The minimum atomic E-state index is -0.808. The summed E-state index contributed by atoms with van der Waals surface area (Å²) in [4.78, 5) is 11.0. The maximum atomic E-state index is 11.0. The van der Waals surface area contributed by atoms with Crippen LogP contribution < -0.4 is 0 Å². The summed E-state index contributed by atoms with van der Waals surface area (Å²) in [6.07, 6.45) is 4.18. The van der Waals surface area contributed by atoms with Crippen molar-refractivity contribution in [3.8, 4) is 0 Å². The molecule has 108 valence electrons. The molecule has 0 bridgehead atoms. The predicted molar refractivity (Wildman–Crippen MR) is 90.7 cm³/mol. The van der Waals surface area contributed by atoms with Gasteiger partial charge in [-0.15, -0.1) is 0 Å². The van der Waals surface area contributed by atoms with Crippen LogP contribution in [0.4, 0.5) is 0 Å². The SMILES string of the molecule is O=C(O)Cc1cccc2c(/C=C/c3ccccc3)cccc12. The van der Waals surface area contributed by atoms with E-state index in [1.807, 2.05) is 54.6 Å². The lowest BCUT2D eigenvalue weighted by molar-refractivity contribution is -0.136. The number of hydrogen-bond acceptors (Lipinski definition) is 1. The molecule has 0 saturated carbocycles. The predicted octanol–water partition coefficient (Wildman–Crippen LogP) is 4.64. The monoisotopic (exact) mass is 288 g/mol. The normalized spacial score (nSPS) is 11.1. The number of benzene rings is 3. The zero-order valence-electron chi connectivity index (χ0n) is 12.1. The van der Waals surface area contributed by atoms with Gasteiger partial charge in [-0.1, -0.05) is 78.9 Å². The van der Waals surface area contributed by atoms with Gasteiger partial charge in [-0.25, -0.2) is 0 Å². The van der Waals surface area contributed by atoms with E-state index in [1.165, 1.54) is 0 Å². The van der Waals surface area contributed by atoms with Crippen LogP contribution in [0.2, 0.25) is 0 Å². The third-order valence-corrected chi connectivity index (χ3v) is 3.64. The van der Waals surface area contributed by atoms with Gasteiger partial charge in [0.05, 0.1) is 6.42 Å². The number of hydrogen-bond donors (Lipinski definition) is 1. The molecule has 0 unspecified atom stereocenters. The highest BCUT2D eigenvalue weighted by Gasteiger charge is 2.06. The largest absolute Gasteiger partial charge is 0.481 e. The molecule has 0 spiro atoms.